The van der Waals surface area contributed by atoms with Crippen LogP contribution in [-0.2, 0) is 9.59 Å². The first-order valence-electron chi connectivity index (χ1n) is 8.08. The summed E-state index contributed by atoms with van der Waals surface area (Å²) in [6.07, 6.45) is 0. The number of nitrogens with one attached hydrogen (secondary N) is 1. The number of para-hydroxylation sites is 2. The maximum Gasteiger partial charge on any atom is 0.250 e. The smallest absolute Gasteiger partial charge is 0.250 e. The molecule has 0 saturated heterocycles. The molecule has 0 spiro atoms. The van der Waals surface area contributed by atoms with Crippen LogP contribution in [0.3, 0.4) is 0 Å². The zero-order valence-electron chi connectivity index (χ0n) is 14.5. The molecule has 3 rings (SSSR count). The fraction of sp³-hybridized carbons (Fsp3) is 0.263. The fourth-order valence-electron chi connectivity index (χ4n) is 2.83. The van der Waals surface area contributed by atoms with Crippen LogP contribution in [-0.4, -0.2) is 22.6 Å². The number of benzene rings is 2. The second-order valence-corrected chi connectivity index (χ2v) is 7.95. The Kier molecular flexibility index (Phi) is 4.75. The Hall–Kier alpha value is -2.41. The van der Waals surface area contributed by atoms with E-state index in [4.69, 9.17) is 0 Å². The maximum absolute atomic E-state index is 13.4. The monoisotopic (exact) mass is 376 g/mol. The Bertz CT molecular complexity index is 886. The molecule has 2 amide bonds. The molecular formula is C19H18F2N2O2S. The number of thioether (sulfide) groups is 1. The summed E-state index contributed by atoms with van der Waals surface area (Å²) >= 11 is 1.12. The van der Waals surface area contributed by atoms with Crippen LogP contribution in [0.5, 0.6) is 0 Å². The van der Waals surface area contributed by atoms with Gasteiger partial charge in [0, 0.05) is 4.90 Å². The highest BCUT2D eigenvalue weighted by atomic mass is 32.2. The molecule has 26 heavy (non-hydrogen) atoms. The number of hydrogen-bond acceptors (Lipinski definition) is 3. The number of hydrogen-bond donors (Lipinski definition) is 1. The van der Waals surface area contributed by atoms with E-state index >= 15 is 0 Å². The molecule has 4 nitrogen and oxygen atoms in total. The van der Waals surface area contributed by atoms with Crippen LogP contribution in [0, 0.1) is 11.6 Å². The highest BCUT2D eigenvalue weighted by Crippen LogP contribution is 2.38. The molecule has 7 heteroatoms. The number of nitrogens with zero attached hydrogens (tertiary/aromatic N) is 1. The molecule has 0 radical (unpaired) electrons. The molecule has 1 heterocycles. The van der Waals surface area contributed by atoms with Gasteiger partial charge < -0.3 is 5.32 Å². The van der Waals surface area contributed by atoms with Gasteiger partial charge in [0.1, 0.15) is 5.54 Å². The molecule has 0 aliphatic carbocycles. The number of halogens is 2. The van der Waals surface area contributed by atoms with Crippen molar-refractivity contribution in [2.45, 2.75) is 36.5 Å². The summed E-state index contributed by atoms with van der Waals surface area (Å²) in [5.74, 6) is -2.46. The van der Waals surface area contributed by atoms with Gasteiger partial charge in [-0.25, -0.2) is 8.78 Å². The summed E-state index contributed by atoms with van der Waals surface area (Å²) in [6, 6.07) is 10.6. The van der Waals surface area contributed by atoms with Crippen molar-refractivity contribution in [2.75, 3.05) is 10.2 Å². The van der Waals surface area contributed by atoms with Crippen molar-refractivity contribution >= 4 is 35.0 Å². The number of carbonyl (C=O) groups excluding carboxylic acids is 2. The molecule has 2 aromatic rings. The molecule has 0 aromatic heterocycles. The van der Waals surface area contributed by atoms with E-state index in [-0.39, 0.29) is 11.8 Å². The third-order valence-electron chi connectivity index (χ3n) is 4.28. The molecular weight excluding hydrogens is 358 g/mol. The highest BCUT2D eigenvalue weighted by molar-refractivity contribution is 8.00. The standard InChI is InChI=1S/C19H18F2N2O2S/c1-11(26-12-8-9-13(20)14(21)10-12)17(24)23-16-7-5-4-6-15(16)22-18(25)19(23,2)3/h4-11H,1-3H3,(H,22,25)/t11-/m1/s1. The predicted octanol–water partition coefficient (Wildman–Crippen LogP) is 4.21. The first-order valence-corrected chi connectivity index (χ1v) is 8.96. The fourth-order valence-corrected chi connectivity index (χ4v) is 3.77. The van der Waals surface area contributed by atoms with Crippen molar-refractivity contribution in [3.8, 4) is 0 Å². The lowest BCUT2D eigenvalue weighted by Crippen LogP contribution is -2.60. The summed E-state index contributed by atoms with van der Waals surface area (Å²) in [7, 11) is 0. The van der Waals surface area contributed by atoms with Gasteiger partial charge in [0.05, 0.1) is 16.6 Å². The lowest BCUT2D eigenvalue weighted by molar-refractivity contribution is -0.126. The van der Waals surface area contributed by atoms with Gasteiger partial charge in [-0.15, -0.1) is 11.8 Å². The van der Waals surface area contributed by atoms with E-state index in [2.05, 4.69) is 5.32 Å². The first-order chi connectivity index (χ1) is 12.2. The molecule has 1 atom stereocenters. The van der Waals surface area contributed by atoms with Gasteiger partial charge in [-0.2, -0.15) is 0 Å². The summed E-state index contributed by atoms with van der Waals surface area (Å²) in [6.45, 7) is 5.02. The van der Waals surface area contributed by atoms with Crippen LogP contribution >= 0.6 is 11.8 Å². The summed E-state index contributed by atoms with van der Waals surface area (Å²) in [5.41, 5.74) is 0.101. The van der Waals surface area contributed by atoms with Crippen LogP contribution < -0.4 is 10.2 Å². The molecule has 0 fully saturated rings. The van der Waals surface area contributed by atoms with Crippen LogP contribution in [0.4, 0.5) is 20.2 Å². The second-order valence-electron chi connectivity index (χ2n) is 6.54. The van der Waals surface area contributed by atoms with E-state index in [1.807, 2.05) is 0 Å². The SMILES string of the molecule is C[C@@H](Sc1ccc(F)c(F)c1)C(=O)N1c2ccccc2NC(=O)C1(C)C. The van der Waals surface area contributed by atoms with Gasteiger partial charge in [0.2, 0.25) is 11.8 Å². The van der Waals surface area contributed by atoms with Crippen molar-refractivity contribution in [3.05, 3.63) is 54.1 Å². The Morgan fingerprint density at radius 1 is 1.15 bits per heavy atom. The van der Waals surface area contributed by atoms with Crippen molar-refractivity contribution in [2.24, 2.45) is 0 Å². The van der Waals surface area contributed by atoms with Gasteiger partial charge >= 0.3 is 0 Å². The topological polar surface area (TPSA) is 49.4 Å². The maximum atomic E-state index is 13.4. The Balaban J connectivity index is 1.91. The van der Waals surface area contributed by atoms with Gasteiger partial charge in [-0.05, 0) is 51.1 Å². The normalized spacial score (nSPS) is 16.7. The Morgan fingerprint density at radius 2 is 1.85 bits per heavy atom. The molecule has 1 N–H and O–H groups in total. The average molecular weight is 376 g/mol. The highest BCUT2D eigenvalue weighted by Gasteiger charge is 2.44. The van der Waals surface area contributed by atoms with E-state index in [9.17, 15) is 18.4 Å². The second kappa shape index (κ2) is 6.72. The molecule has 2 aromatic carbocycles. The minimum atomic E-state index is -1.08. The summed E-state index contributed by atoms with van der Waals surface area (Å²) in [5, 5.41) is 2.21. The van der Waals surface area contributed by atoms with Crippen LogP contribution in [0.25, 0.3) is 0 Å². The molecule has 0 bridgehead atoms. The predicted molar refractivity (Wildman–Crippen MR) is 98.3 cm³/mol. The average Bonchev–Trinajstić information content (AvgIpc) is 2.58. The van der Waals surface area contributed by atoms with Gasteiger partial charge in [0.25, 0.3) is 0 Å². The van der Waals surface area contributed by atoms with Crippen LogP contribution in [0.2, 0.25) is 0 Å². The molecule has 1 aliphatic heterocycles. The minimum absolute atomic E-state index is 0.283. The number of anilines is 2. The minimum Gasteiger partial charge on any atom is -0.322 e. The lowest BCUT2D eigenvalue weighted by Gasteiger charge is -2.43. The Morgan fingerprint density at radius 3 is 2.54 bits per heavy atom. The first kappa shape index (κ1) is 18.4. The third-order valence-corrected chi connectivity index (χ3v) is 5.36. The summed E-state index contributed by atoms with van der Waals surface area (Å²) in [4.78, 5) is 27.5. The quantitative estimate of drug-likeness (QED) is 0.817. The van der Waals surface area contributed by atoms with Crippen molar-refractivity contribution in [1.29, 1.82) is 0 Å². The number of fused-ring (bicyclic) bond motifs is 1. The van der Waals surface area contributed by atoms with Gasteiger partial charge in [-0.3, -0.25) is 14.5 Å². The van der Waals surface area contributed by atoms with E-state index in [0.717, 1.165) is 23.9 Å². The van der Waals surface area contributed by atoms with Gasteiger partial charge in [0.15, 0.2) is 11.6 Å². The van der Waals surface area contributed by atoms with E-state index in [1.165, 1.54) is 11.0 Å². The molecule has 0 saturated carbocycles. The van der Waals surface area contributed by atoms with E-state index < -0.39 is 22.4 Å². The number of carbonyl (C=O) groups is 2. The van der Waals surface area contributed by atoms with Crippen LogP contribution in [0.15, 0.2) is 47.4 Å². The lowest BCUT2D eigenvalue weighted by atomic mass is 9.96. The van der Waals surface area contributed by atoms with E-state index in [1.54, 1.807) is 45.0 Å². The van der Waals surface area contributed by atoms with Gasteiger partial charge in [-0.1, -0.05) is 12.1 Å². The zero-order valence-corrected chi connectivity index (χ0v) is 15.4. The van der Waals surface area contributed by atoms with Crippen molar-refractivity contribution < 1.29 is 18.4 Å². The largest absolute Gasteiger partial charge is 0.322 e. The van der Waals surface area contributed by atoms with E-state index in [0.29, 0.717) is 16.3 Å². The zero-order chi connectivity index (χ0) is 19.1. The number of rotatable bonds is 3. The third kappa shape index (κ3) is 3.19. The number of amides is 2. The van der Waals surface area contributed by atoms with Crippen molar-refractivity contribution in [3.63, 3.8) is 0 Å². The van der Waals surface area contributed by atoms with Crippen molar-refractivity contribution in [1.82, 2.24) is 0 Å². The molecule has 1 aliphatic rings. The molecule has 0 unspecified atom stereocenters. The van der Waals surface area contributed by atoms with Crippen LogP contribution in [0.1, 0.15) is 20.8 Å². The Labute approximate surface area is 154 Å². The molecule has 136 valence electrons. The summed E-state index contributed by atoms with van der Waals surface area (Å²) < 4.78 is 26.5.